The van der Waals surface area contributed by atoms with Crippen LogP contribution in [0.5, 0.6) is 5.75 Å². The van der Waals surface area contributed by atoms with Gasteiger partial charge in [-0.3, -0.25) is 9.59 Å². The number of hydrogen-bond donors (Lipinski definition) is 1. The molecule has 1 aliphatic heterocycles. The van der Waals surface area contributed by atoms with Crippen LogP contribution in [0.3, 0.4) is 0 Å². The van der Waals surface area contributed by atoms with E-state index < -0.39 is 5.41 Å². The molecule has 1 aromatic rings. The van der Waals surface area contributed by atoms with E-state index in [-0.39, 0.29) is 18.4 Å². The summed E-state index contributed by atoms with van der Waals surface area (Å²) in [7, 11) is 0. The van der Waals surface area contributed by atoms with E-state index in [4.69, 9.17) is 4.74 Å². The summed E-state index contributed by atoms with van der Waals surface area (Å²) in [4.78, 5) is 25.7. The molecule has 0 fully saturated rings. The van der Waals surface area contributed by atoms with Gasteiger partial charge < -0.3 is 15.0 Å². The second kappa shape index (κ2) is 5.76. The Kier molecular flexibility index (Phi) is 4.21. The Bertz CT molecular complexity index is 561. The molecule has 2 rings (SSSR count). The number of fused-ring (bicyclic) bond motifs is 1. The first-order valence-corrected chi connectivity index (χ1v) is 7.21. The zero-order valence-electron chi connectivity index (χ0n) is 13.0. The molecule has 5 heteroatoms. The summed E-state index contributed by atoms with van der Waals surface area (Å²) < 4.78 is 5.44. The number of hydrogen-bond acceptors (Lipinski definition) is 3. The molecule has 5 nitrogen and oxygen atoms in total. The Morgan fingerprint density at radius 2 is 2.10 bits per heavy atom. The number of benzene rings is 1. The summed E-state index contributed by atoms with van der Waals surface area (Å²) in [6.07, 6.45) is 0.865. The molecule has 0 bridgehead atoms. The topological polar surface area (TPSA) is 58.6 Å². The van der Waals surface area contributed by atoms with Crippen LogP contribution in [0.2, 0.25) is 0 Å². The lowest BCUT2D eigenvalue weighted by Gasteiger charge is -2.29. The molecule has 2 amide bonds. The fourth-order valence-electron chi connectivity index (χ4n) is 2.07. The van der Waals surface area contributed by atoms with Gasteiger partial charge in [0.1, 0.15) is 5.75 Å². The Morgan fingerprint density at radius 1 is 1.38 bits per heavy atom. The predicted molar refractivity (Wildman–Crippen MR) is 82.7 cm³/mol. The van der Waals surface area contributed by atoms with Crippen molar-refractivity contribution >= 4 is 23.2 Å². The minimum Gasteiger partial charge on any atom is -0.482 e. The maximum absolute atomic E-state index is 12.1. The first kappa shape index (κ1) is 15.4. The molecule has 1 N–H and O–H groups in total. The lowest BCUT2D eigenvalue weighted by atomic mass is 9.95. The molecule has 1 heterocycles. The van der Waals surface area contributed by atoms with E-state index in [1.165, 1.54) is 0 Å². The summed E-state index contributed by atoms with van der Waals surface area (Å²) in [6, 6.07) is 5.39. The van der Waals surface area contributed by atoms with Crippen LogP contribution in [0.15, 0.2) is 18.2 Å². The van der Waals surface area contributed by atoms with Crippen LogP contribution in [0.1, 0.15) is 34.1 Å². The minimum atomic E-state index is -0.467. The first-order chi connectivity index (χ1) is 9.82. The molecule has 0 unspecified atom stereocenters. The molecule has 0 saturated carbocycles. The van der Waals surface area contributed by atoms with Gasteiger partial charge in [-0.1, -0.05) is 27.7 Å². The number of anilines is 2. The SMILES string of the molecule is CCCN1C(=O)COc2ccc(NC(=O)C(C)(C)C)cc21. The number of carbonyl (C=O) groups excluding carboxylic acids is 2. The second-order valence-corrected chi connectivity index (χ2v) is 6.22. The molecular weight excluding hydrogens is 268 g/mol. The van der Waals surface area contributed by atoms with Crippen LogP contribution in [-0.4, -0.2) is 25.0 Å². The van der Waals surface area contributed by atoms with Gasteiger partial charge in [0.15, 0.2) is 6.61 Å². The molecule has 21 heavy (non-hydrogen) atoms. The van der Waals surface area contributed by atoms with Gasteiger partial charge in [0.25, 0.3) is 5.91 Å². The minimum absolute atomic E-state index is 0.0522. The molecule has 0 atom stereocenters. The van der Waals surface area contributed by atoms with Gasteiger partial charge in [0.05, 0.1) is 5.69 Å². The number of amides is 2. The molecule has 1 aromatic carbocycles. The third-order valence-electron chi connectivity index (χ3n) is 3.29. The van der Waals surface area contributed by atoms with Crippen LogP contribution < -0.4 is 15.0 Å². The van der Waals surface area contributed by atoms with Crippen LogP contribution in [0.4, 0.5) is 11.4 Å². The molecule has 0 aromatic heterocycles. The van der Waals surface area contributed by atoms with E-state index in [1.807, 2.05) is 27.7 Å². The maximum atomic E-state index is 12.1. The number of nitrogens with zero attached hydrogens (tertiary/aromatic N) is 1. The van der Waals surface area contributed by atoms with Crippen molar-refractivity contribution in [2.75, 3.05) is 23.4 Å². The number of carbonyl (C=O) groups is 2. The van der Waals surface area contributed by atoms with E-state index in [9.17, 15) is 9.59 Å². The second-order valence-electron chi connectivity index (χ2n) is 6.22. The highest BCUT2D eigenvalue weighted by atomic mass is 16.5. The number of ether oxygens (including phenoxy) is 1. The predicted octanol–water partition coefficient (Wildman–Crippen LogP) is 2.81. The van der Waals surface area contributed by atoms with E-state index >= 15 is 0 Å². The fourth-order valence-corrected chi connectivity index (χ4v) is 2.07. The Hall–Kier alpha value is -2.04. The third kappa shape index (κ3) is 3.35. The van der Waals surface area contributed by atoms with Crippen LogP contribution in [0.25, 0.3) is 0 Å². The molecule has 0 aliphatic carbocycles. The summed E-state index contributed by atoms with van der Waals surface area (Å²) in [5.74, 6) is 0.563. The molecule has 0 radical (unpaired) electrons. The van der Waals surface area contributed by atoms with Gasteiger partial charge in [0.2, 0.25) is 5.91 Å². The summed E-state index contributed by atoms with van der Waals surface area (Å²) >= 11 is 0. The summed E-state index contributed by atoms with van der Waals surface area (Å²) in [5, 5.41) is 2.88. The van der Waals surface area contributed by atoms with Gasteiger partial charge in [-0.05, 0) is 24.6 Å². The van der Waals surface area contributed by atoms with E-state index in [1.54, 1.807) is 23.1 Å². The van der Waals surface area contributed by atoms with Crippen LogP contribution in [-0.2, 0) is 9.59 Å². The van der Waals surface area contributed by atoms with E-state index in [0.29, 0.717) is 18.0 Å². The largest absolute Gasteiger partial charge is 0.482 e. The molecular formula is C16H22N2O3. The lowest BCUT2D eigenvalue weighted by Crippen LogP contribution is -2.39. The third-order valence-corrected chi connectivity index (χ3v) is 3.29. The van der Waals surface area contributed by atoms with Crippen molar-refractivity contribution in [3.05, 3.63) is 18.2 Å². The van der Waals surface area contributed by atoms with E-state index in [2.05, 4.69) is 5.32 Å². The van der Waals surface area contributed by atoms with Crippen LogP contribution in [0, 0.1) is 5.41 Å². The molecule has 0 spiro atoms. The van der Waals surface area contributed by atoms with Crippen molar-refractivity contribution in [3.63, 3.8) is 0 Å². The summed E-state index contributed by atoms with van der Waals surface area (Å²) in [5.41, 5.74) is 0.929. The van der Waals surface area contributed by atoms with Crippen molar-refractivity contribution in [1.29, 1.82) is 0 Å². The first-order valence-electron chi connectivity index (χ1n) is 7.21. The van der Waals surface area contributed by atoms with Crippen LogP contribution >= 0.6 is 0 Å². The van der Waals surface area contributed by atoms with Gasteiger partial charge in [-0.15, -0.1) is 0 Å². The van der Waals surface area contributed by atoms with Crippen molar-refractivity contribution < 1.29 is 14.3 Å². The van der Waals surface area contributed by atoms with Crippen molar-refractivity contribution in [2.45, 2.75) is 34.1 Å². The Balaban J connectivity index is 2.28. The number of rotatable bonds is 3. The van der Waals surface area contributed by atoms with E-state index in [0.717, 1.165) is 12.1 Å². The Morgan fingerprint density at radius 3 is 2.71 bits per heavy atom. The fraction of sp³-hybridized carbons (Fsp3) is 0.500. The standard InChI is InChI=1S/C16H22N2O3/c1-5-8-18-12-9-11(17-15(20)16(2,3)4)6-7-13(12)21-10-14(18)19/h6-7,9H,5,8,10H2,1-4H3,(H,17,20). The van der Waals surface area contributed by atoms with Crippen molar-refractivity contribution in [2.24, 2.45) is 5.41 Å². The maximum Gasteiger partial charge on any atom is 0.265 e. The smallest absolute Gasteiger partial charge is 0.265 e. The monoisotopic (exact) mass is 290 g/mol. The number of nitrogens with one attached hydrogen (secondary N) is 1. The highest BCUT2D eigenvalue weighted by Gasteiger charge is 2.26. The lowest BCUT2D eigenvalue weighted by molar-refractivity contribution is -0.123. The van der Waals surface area contributed by atoms with Crippen molar-refractivity contribution in [3.8, 4) is 5.75 Å². The Labute approximate surface area is 125 Å². The normalized spacial score (nSPS) is 14.5. The average molecular weight is 290 g/mol. The van der Waals surface area contributed by atoms with Gasteiger partial charge in [-0.25, -0.2) is 0 Å². The average Bonchev–Trinajstić information content (AvgIpc) is 2.41. The van der Waals surface area contributed by atoms with Gasteiger partial charge >= 0.3 is 0 Å². The van der Waals surface area contributed by atoms with Crippen molar-refractivity contribution in [1.82, 2.24) is 0 Å². The van der Waals surface area contributed by atoms with Gasteiger partial charge in [-0.2, -0.15) is 0 Å². The highest BCUT2D eigenvalue weighted by Crippen LogP contribution is 2.35. The van der Waals surface area contributed by atoms with Gasteiger partial charge in [0, 0.05) is 17.6 Å². The molecule has 0 saturated heterocycles. The quantitative estimate of drug-likeness (QED) is 0.931. The summed E-state index contributed by atoms with van der Waals surface area (Å²) in [6.45, 7) is 8.31. The molecule has 114 valence electrons. The zero-order valence-corrected chi connectivity index (χ0v) is 13.0. The highest BCUT2D eigenvalue weighted by molar-refractivity contribution is 6.00. The molecule has 1 aliphatic rings. The zero-order chi connectivity index (χ0) is 15.6.